The predicted molar refractivity (Wildman–Crippen MR) is 314 cm³/mol. The summed E-state index contributed by atoms with van der Waals surface area (Å²) in [6.07, 6.45) is 75.6. The van der Waals surface area contributed by atoms with Gasteiger partial charge < -0.3 is 24.9 Å². The number of aliphatic hydroxyl groups excluding tert-OH is 2. The van der Waals surface area contributed by atoms with Crippen molar-refractivity contribution in [3.8, 4) is 0 Å². The largest absolute Gasteiger partial charge is 0.472 e. The molecule has 416 valence electrons. The van der Waals surface area contributed by atoms with Gasteiger partial charge in [0.25, 0.3) is 0 Å². The van der Waals surface area contributed by atoms with E-state index in [0.717, 1.165) is 109 Å². The van der Waals surface area contributed by atoms with Crippen molar-refractivity contribution in [3.05, 3.63) is 134 Å². The summed E-state index contributed by atoms with van der Waals surface area (Å²) in [5, 5.41) is 24.7. The minimum atomic E-state index is -4.44. The number of nitrogens with one attached hydrogen (secondary N) is 1. The molecule has 0 spiro atoms. The molecule has 0 bridgehead atoms. The lowest BCUT2D eigenvalue weighted by Gasteiger charge is -2.28. The Morgan fingerprint density at radius 2 is 0.877 bits per heavy atom. The number of rotatable bonds is 50. The fourth-order valence-electron chi connectivity index (χ4n) is 7.55. The van der Waals surface area contributed by atoms with E-state index in [1.165, 1.54) is 51.4 Å². The Balaban J connectivity index is 4.17. The average Bonchev–Trinajstić information content (AvgIpc) is 3.35. The number of hydrogen-bond acceptors (Lipinski definition) is 6. The third-order valence-electron chi connectivity index (χ3n) is 12.0. The number of carbonyl (C=O) groups is 1. The van der Waals surface area contributed by atoms with Crippen molar-refractivity contribution >= 4 is 13.7 Å². The number of carbonyl (C=O) groups excluding carboxylic acids is 1. The molecular weight excluding hydrogens is 928 g/mol. The zero-order valence-electron chi connectivity index (χ0n) is 46.9. The van der Waals surface area contributed by atoms with Crippen molar-refractivity contribution in [2.45, 2.75) is 218 Å². The van der Waals surface area contributed by atoms with Crippen molar-refractivity contribution in [3.63, 3.8) is 0 Å². The number of unbranched alkanes of at least 4 members (excludes halogenated alkanes) is 15. The van der Waals surface area contributed by atoms with Gasteiger partial charge in [-0.2, -0.15) is 0 Å². The molecule has 0 radical (unpaired) electrons. The summed E-state index contributed by atoms with van der Waals surface area (Å²) in [7, 11) is 1.38. The van der Waals surface area contributed by atoms with Crippen molar-refractivity contribution in [2.24, 2.45) is 0 Å². The first kappa shape index (κ1) is 69.6. The van der Waals surface area contributed by atoms with Crippen LogP contribution in [0.2, 0.25) is 0 Å². The molecule has 0 heterocycles. The van der Waals surface area contributed by atoms with Gasteiger partial charge in [0.15, 0.2) is 0 Å². The minimum Gasteiger partial charge on any atom is -0.390 e. The fourth-order valence-corrected chi connectivity index (χ4v) is 8.29. The molecule has 0 aliphatic heterocycles. The lowest BCUT2D eigenvalue weighted by molar-refractivity contribution is -0.870. The lowest BCUT2D eigenvalue weighted by atomic mass is 10.0. The van der Waals surface area contributed by atoms with E-state index in [0.29, 0.717) is 30.3 Å². The van der Waals surface area contributed by atoms with Crippen LogP contribution in [0.5, 0.6) is 0 Å². The summed E-state index contributed by atoms with van der Waals surface area (Å²) in [6.45, 7) is 4.22. The van der Waals surface area contributed by atoms with E-state index in [4.69, 9.17) is 9.05 Å². The van der Waals surface area contributed by atoms with Crippen LogP contribution in [0.15, 0.2) is 134 Å². The monoisotopic (exact) mass is 1040 g/mol. The number of allylic oxidation sites excluding steroid dienone is 22. The standard InChI is InChI=1S/C63H107N2O7P/c1-6-8-10-12-14-16-18-20-21-22-23-24-25-26-27-28-29-30-31-32-33-34-35-36-37-38-39-40-41-42-43-44-46-48-50-52-54-56-62(67)64-60(59-72-73(69,70)71-58-57-65(3,4)5)63(68)61(66)55-53-51-49-47-45-19-17-15-13-11-9-7-2/h7-10,14-17,20-21,23-24,26-27,29-30,32-33,35-36,47,49,60-61,63,66,68H,6,11-13,18-19,22,25,28,31,34,37-46,48,50-59H2,1-5H3,(H-,64,67,69,70)/p+1/b9-7+,10-8-,16-14-,17-15+,21-20-,24-23-,27-26-,30-29-,33-32-,36-35-,49-47+. The second-order valence-corrected chi connectivity index (χ2v) is 21.5. The summed E-state index contributed by atoms with van der Waals surface area (Å²) < 4.78 is 23.6. The summed E-state index contributed by atoms with van der Waals surface area (Å²) in [5.74, 6) is -0.283. The molecule has 4 N–H and O–H groups in total. The molecule has 0 aliphatic carbocycles. The van der Waals surface area contributed by atoms with Gasteiger partial charge in [-0.25, -0.2) is 4.57 Å². The maximum atomic E-state index is 13.0. The third kappa shape index (κ3) is 53.2. The molecule has 0 rings (SSSR count). The summed E-state index contributed by atoms with van der Waals surface area (Å²) >= 11 is 0. The number of amides is 1. The SMILES string of the molecule is C/C=C/CC/C=C/CC/C=C/CCCC(O)C(O)C(COP(=O)(O)OCC[N+](C)(C)C)NC(=O)CCCCCCCCCCCCCC/C=C\C/C=C\C/C=C\C/C=C\C/C=C\C/C=C\C/C=C\C/C=C\CC. The van der Waals surface area contributed by atoms with E-state index in [9.17, 15) is 24.5 Å². The van der Waals surface area contributed by atoms with E-state index < -0.39 is 32.7 Å². The average molecular weight is 1040 g/mol. The Morgan fingerprint density at radius 1 is 0.507 bits per heavy atom. The van der Waals surface area contributed by atoms with Crippen LogP contribution in [0.3, 0.4) is 0 Å². The van der Waals surface area contributed by atoms with Crippen molar-refractivity contribution < 1.29 is 38.0 Å². The van der Waals surface area contributed by atoms with Gasteiger partial charge in [-0.1, -0.05) is 205 Å². The molecule has 0 aromatic carbocycles. The van der Waals surface area contributed by atoms with Gasteiger partial charge in [0.05, 0.1) is 39.9 Å². The molecule has 0 aromatic heterocycles. The summed E-state index contributed by atoms with van der Waals surface area (Å²) in [5.41, 5.74) is 0. The molecular formula is C63H108N2O7P+. The number of phosphoric acid groups is 1. The van der Waals surface area contributed by atoms with Gasteiger partial charge in [0.2, 0.25) is 5.91 Å². The zero-order valence-corrected chi connectivity index (χ0v) is 47.8. The molecule has 0 aliphatic rings. The smallest absolute Gasteiger partial charge is 0.390 e. The van der Waals surface area contributed by atoms with Crippen molar-refractivity contribution in [2.75, 3.05) is 40.9 Å². The molecule has 9 nitrogen and oxygen atoms in total. The number of quaternary nitrogens is 1. The Kier molecular flexibility index (Phi) is 49.6. The molecule has 0 saturated carbocycles. The topological polar surface area (TPSA) is 125 Å². The van der Waals surface area contributed by atoms with Crippen LogP contribution in [-0.4, -0.2) is 84.6 Å². The van der Waals surface area contributed by atoms with Crippen LogP contribution in [0.1, 0.15) is 200 Å². The van der Waals surface area contributed by atoms with Crippen LogP contribution >= 0.6 is 7.82 Å². The van der Waals surface area contributed by atoms with Gasteiger partial charge in [-0.05, 0) is 122 Å². The van der Waals surface area contributed by atoms with E-state index in [2.05, 4.69) is 146 Å². The third-order valence-corrected chi connectivity index (χ3v) is 13.0. The molecule has 10 heteroatoms. The maximum absolute atomic E-state index is 13.0. The summed E-state index contributed by atoms with van der Waals surface area (Å²) in [6, 6.07) is -1.07. The molecule has 4 atom stereocenters. The normalized spacial score (nSPS) is 15.3. The van der Waals surface area contributed by atoms with Crippen LogP contribution in [0.25, 0.3) is 0 Å². The van der Waals surface area contributed by atoms with Crippen molar-refractivity contribution in [1.82, 2.24) is 5.32 Å². The number of phosphoric ester groups is 1. The quantitative estimate of drug-likeness (QED) is 0.0207. The van der Waals surface area contributed by atoms with Crippen molar-refractivity contribution in [1.29, 1.82) is 0 Å². The molecule has 73 heavy (non-hydrogen) atoms. The van der Waals surface area contributed by atoms with Gasteiger partial charge in [-0.15, -0.1) is 0 Å². The summed E-state index contributed by atoms with van der Waals surface area (Å²) in [4.78, 5) is 23.3. The molecule has 0 fully saturated rings. The zero-order chi connectivity index (χ0) is 53.6. The Morgan fingerprint density at radius 3 is 1.32 bits per heavy atom. The van der Waals surface area contributed by atoms with Crippen LogP contribution < -0.4 is 5.32 Å². The van der Waals surface area contributed by atoms with Gasteiger partial charge in [0, 0.05) is 6.42 Å². The van der Waals surface area contributed by atoms with E-state index in [1.54, 1.807) is 0 Å². The second kappa shape index (κ2) is 52.1. The number of nitrogens with zero attached hydrogens (tertiary/aromatic N) is 1. The highest BCUT2D eigenvalue weighted by atomic mass is 31.2. The molecule has 0 saturated heterocycles. The first-order valence-electron chi connectivity index (χ1n) is 28.6. The van der Waals surface area contributed by atoms with Crippen LogP contribution in [0.4, 0.5) is 0 Å². The van der Waals surface area contributed by atoms with E-state index in [1.807, 2.05) is 28.1 Å². The van der Waals surface area contributed by atoms with Gasteiger partial charge in [0.1, 0.15) is 19.3 Å². The highest BCUT2D eigenvalue weighted by molar-refractivity contribution is 7.47. The lowest BCUT2D eigenvalue weighted by Crippen LogP contribution is -2.51. The van der Waals surface area contributed by atoms with Crippen LogP contribution in [0, 0.1) is 0 Å². The maximum Gasteiger partial charge on any atom is 0.472 e. The van der Waals surface area contributed by atoms with Gasteiger partial charge >= 0.3 is 7.82 Å². The Labute approximate surface area is 448 Å². The Bertz CT molecular complexity index is 1660. The van der Waals surface area contributed by atoms with Crippen LogP contribution in [-0.2, 0) is 18.4 Å². The highest BCUT2D eigenvalue weighted by Gasteiger charge is 2.31. The van der Waals surface area contributed by atoms with E-state index in [-0.39, 0.29) is 18.9 Å². The molecule has 0 aromatic rings. The Hall–Kier alpha value is -3.40. The minimum absolute atomic E-state index is 0.00562. The number of hydrogen-bond donors (Lipinski definition) is 4. The number of likely N-dealkylation sites (N-methyl/N-ethyl adjacent to an activating group) is 1. The fraction of sp³-hybridized carbons (Fsp3) is 0.635. The van der Waals surface area contributed by atoms with E-state index >= 15 is 0 Å². The highest BCUT2D eigenvalue weighted by Crippen LogP contribution is 2.43. The number of aliphatic hydroxyl groups is 2. The van der Waals surface area contributed by atoms with Gasteiger partial charge in [-0.3, -0.25) is 13.8 Å². The first-order valence-corrected chi connectivity index (χ1v) is 30.1. The second-order valence-electron chi connectivity index (χ2n) is 20.1. The predicted octanol–water partition coefficient (Wildman–Crippen LogP) is 16.5. The molecule has 4 unspecified atom stereocenters. The molecule has 1 amide bonds. The first-order chi connectivity index (χ1) is 35.4.